The van der Waals surface area contributed by atoms with Gasteiger partial charge in [0.2, 0.25) is 0 Å². The number of amides is 1. The highest BCUT2D eigenvalue weighted by molar-refractivity contribution is 5.97. The van der Waals surface area contributed by atoms with Crippen LogP contribution in [0.1, 0.15) is 46.5 Å². The number of carboxylic acid groups (broad SMARTS) is 1. The zero-order valence-corrected chi connectivity index (χ0v) is 12.1. The summed E-state index contributed by atoms with van der Waals surface area (Å²) >= 11 is 0. The third kappa shape index (κ3) is 5.40. The fourth-order valence-corrected chi connectivity index (χ4v) is 1.73. The molecule has 1 aromatic rings. The van der Waals surface area contributed by atoms with Crippen LogP contribution >= 0.6 is 0 Å². The number of benzene rings is 1. The average Bonchev–Trinajstić information content (AvgIpc) is 2.36. The van der Waals surface area contributed by atoms with Gasteiger partial charge in [-0.05, 0) is 51.0 Å². The van der Waals surface area contributed by atoms with Crippen LogP contribution in [-0.4, -0.2) is 36.2 Å². The predicted molar refractivity (Wildman–Crippen MR) is 76.2 cm³/mol. The number of hydrogen-bond donors (Lipinski definition) is 2. The highest BCUT2D eigenvalue weighted by atomic mass is 16.5. The van der Waals surface area contributed by atoms with E-state index in [-0.39, 0.29) is 17.6 Å². The first kappa shape index (κ1) is 16.2. The lowest BCUT2D eigenvalue weighted by atomic mass is 10.1. The van der Waals surface area contributed by atoms with E-state index in [2.05, 4.69) is 5.32 Å². The minimum atomic E-state index is -1.03. The second-order valence-electron chi connectivity index (χ2n) is 4.92. The van der Waals surface area contributed by atoms with Gasteiger partial charge in [0.25, 0.3) is 5.91 Å². The molecule has 0 bridgehead atoms. The fourth-order valence-electron chi connectivity index (χ4n) is 1.73. The topological polar surface area (TPSA) is 75.6 Å². The van der Waals surface area contributed by atoms with Crippen LogP contribution in [0.4, 0.5) is 0 Å². The maximum absolute atomic E-state index is 11.9. The molecule has 5 nitrogen and oxygen atoms in total. The molecule has 20 heavy (non-hydrogen) atoms. The first-order chi connectivity index (χ1) is 9.40. The summed E-state index contributed by atoms with van der Waals surface area (Å²) in [4.78, 5) is 22.9. The SMILES string of the molecule is Cc1cc(C(=O)O)cc(C(=O)NCCCOC(C)C)c1. The van der Waals surface area contributed by atoms with Gasteiger partial charge in [0.15, 0.2) is 0 Å². The molecule has 110 valence electrons. The van der Waals surface area contributed by atoms with Crippen LogP contribution in [0.15, 0.2) is 18.2 Å². The molecule has 0 radical (unpaired) electrons. The molecule has 0 saturated carbocycles. The van der Waals surface area contributed by atoms with Crippen molar-refractivity contribution in [2.45, 2.75) is 33.3 Å². The molecule has 0 aliphatic rings. The van der Waals surface area contributed by atoms with Crippen LogP contribution in [0.2, 0.25) is 0 Å². The molecule has 1 aromatic carbocycles. The van der Waals surface area contributed by atoms with Crippen molar-refractivity contribution in [3.8, 4) is 0 Å². The molecule has 0 unspecified atom stereocenters. The molecule has 0 spiro atoms. The number of ether oxygens (including phenoxy) is 1. The van der Waals surface area contributed by atoms with Crippen LogP contribution in [0.5, 0.6) is 0 Å². The maximum Gasteiger partial charge on any atom is 0.335 e. The third-order valence-corrected chi connectivity index (χ3v) is 2.64. The molecule has 1 rings (SSSR count). The summed E-state index contributed by atoms with van der Waals surface area (Å²) in [6.45, 7) is 6.77. The molecule has 0 aliphatic heterocycles. The quantitative estimate of drug-likeness (QED) is 0.750. The molecular weight excluding hydrogens is 258 g/mol. The lowest BCUT2D eigenvalue weighted by Gasteiger charge is -2.09. The fraction of sp³-hybridized carbons (Fsp3) is 0.467. The second-order valence-corrected chi connectivity index (χ2v) is 4.92. The number of carbonyl (C=O) groups excluding carboxylic acids is 1. The largest absolute Gasteiger partial charge is 0.478 e. The Labute approximate surface area is 118 Å². The molecule has 0 aliphatic carbocycles. The number of aromatic carboxylic acids is 1. The van der Waals surface area contributed by atoms with Crippen molar-refractivity contribution in [1.29, 1.82) is 0 Å². The van der Waals surface area contributed by atoms with E-state index in [1.54, 1.807) is 13.0 Å². The van der Waals surface area contributed by atoms with Gasteiger partial charge in [-0.1, -0.05) is 0 Å². The Morgan fingerprint density at radius 2 is 1.90 bits per heavy atom. The third-order valence-electron chi connectivity index (χ3n) is 2.64. The first-order valence-corrected chi connectivity index (χ1v) is 6.65. The molecule has 2 N–H and O–H groups in total. The zero-order chi connectivity index (χ0) is 15.1. The van der Waals surface area contributed by atoms with Crippen molar-refractivity contribution in [1.82, 2.24) is 5.32 Å². The molecule has 1 amide bonds. The summed E-state index contributed by atoms with van der Waals surface area (Å²) < 4.78 is 5.37. The van der Waals surface area contributed by atoms with Crippen molar-refractivity contribution < 1.29 is 19.4 Å². The van der Waals surface area contributed by atoms with Gasteiger partial charge >= 0.3 is 5.97 Å². The molecule has 0 atom stereocenters. The minimum absolute atomic E-state index is 0.123. The Morgan fingerprint density at radius 3 is 2.50 bits per heavy atom. The molecule has 0 fully saturated rings. The lowest BCUT2D eigenvalue weighted by molar-refractivity contribution is 0.0696. The van der Waals surface area contributed by atoms with Gasteiger partial charge in [-0.2, -0.15) is 0 Å². The Hall–Kier alpha value is -1.88. The number of rotatable bonds is 7. The Balaban J connectivity index is 2.53. The van der Waals surface area contributed by atoms with Gasteiger partial charge in [0.1, 0.15) is 0 Å². The van der Waals surface area contributed by atoms with E-state index in [0.29, 0.717) is 18.7 Å². The number of carboxylic acids is 1. The van der Waals surface area contributed by atoms with E-state index < -0.39 is 5.97 Å². The van der Waals surface area contributed by atoms with Gasteiger partial charge in [-0.15, -0.1) is 0 Å². The number of nitrogens with one attached hydrogen (secondary N) is 1. The van der Waals surface area contributed by atoms with Crippen molar-refractivity contribution in [2.24, 2.45) is 0 Å². The number of carbonyl (C=O) groups is 2. The monoisotopic (exact) mass is 279 g/mol. The normalized spacial score (nSPS) is 10.6. The maximum atomic E-state index is 11.9. The van der Waals surface area contributed by atoms with Gasteiger partial charge in [-0.3, -0.25) is 4.79 Å². The van der Waals surface area contributed by atoms with E-state index in [1.165, 1.54) is 12.1 Å². The summed E-state index contributed by atoms with van der Waals surface area (Å²) in [5, 5.41) is 11.7. The van der Waals surface area contributed by atoms with Gasteiger partial charge < -0.3 is 15.2 Å². The Morgan fingerprint density at radius 1 is 1.25 bits per heavy atom. The summed E-state index contributed by atoms with van der Waals surface area (Å²) in [5.74, 6) is -1.30. The minimum Gasteiger partial charge on any atom is -0.478 e. The highest BCUT2D eigenvalue weighted by Crippen LogP contribution is 2.10. The molecule has 0 aromatic heterocycles. The second kappa shape index (κ2) is 7.65. The average molecular weight is 279 g/mol. The summed E-state index contributed by atoms with van der Waals surface area (Å²) in [5.41, 5.74) is 1.24. The molecule has 5 heteroatoms. The van der Waals surface area contributed by atoms with Crippen LogP contribution in [-0.2, 0) is 4.74 Å². The number of hydrogen-bond acceptors (Lipinski definition) is 3. The van der Waals surface area contributed by atoms with Crippen molar-refractivity contribution in [3.05, 3.63) is 34.9 Å². The van der Waals surface area contributed by atoms with E-state index in [1.807, 2.05) is 13.8 Å². The smallest absolute Gasteiger partial charge is 0.335 e. The van der Waals surface area contributed by atoms with Crippen LogP contribution < -0.4 is 5.32 Å². The number of aryl methyl sites for hydroxylation is 1. The molecule has 0 saturated heterocycles. The Bertz CT molecular complexity index is 483. The van der Waals surface area contributed by atoms with Crippen LogP contribution in [0.3, 0.4) is 0 Å². The van der Waals surface area contributed by atoms with Gasteiger partial charge in [-0.25, -0.2) is 4.79 Å². The van der Waals surface area contributed by atoms with Crippen LogP contribution in [0, 0.1) is 6.92 Å². The predicted octanol–water partition coefficient (Wildman–Crippen LogP) is 2.24. The summed E-state index contributed by atoms with van der Waals surface area (Å²) in [6, 6.07) is 4.59. The highest BCUT2D eigenvalue weighted by Gasteiger charge is 2.10. The standard InChI is InChI=1S/C15H21NO4/c1-10(2)20-6-4-5-16-14(17)12-7-11(3)8-13(9-12)15(18)19/h7-10H,4-6H2,1-3H3,(H,16,17)(H,18,19). The van der Waals surface area contributed by atoms with E-state index in [4.69, 9.17) is 9.84 Å². The van der Waals surface area contributed by atoms with E-state index in [0.717, 1.165) is 12.0 Å². The first-order valence-electron chi connectivity index (χ1n) is 6.65. The molecule has 0 heterocycles. The zero-order valence-electron chi connectivity index (χ0n) is 12.1. The van der Waals surface area contributed by atoms with Crippen molar-refractivity contribution in [3.63, 3.8) is 0 Å². The van der Waals surface area contributed by atoms with E-state index >= 15 is 0 Å². The summed E-state index contributed by atoms with van der Waals surface area (Å²) in [6.07, 6.45) is 0.905. The lowest BCUT2D eigenvalue weighted by Crippen LogP contribution is -2.26. The van der Waals surface area contributed by atoms with E-state index in [9.17, 15) is 9.59 Å². The summed E-state index contributed by atoms with van der Waals surface area (Å²) in [7, 11) is 0. The van der Waals surface area contributed by atoms with Gasteiger partial charge in [0, 0.05) is 18.7 Å². The van der Waals surface area contributed by atoms with Crippen LogP contribution in [0.25, 0.3) is 0 Å². The van der Waals surface area contributed by atoms with Crippen molar-refractivity contribution >= 4 is 11.9 Å². The molecular formula is C15H21NO4. The van der Waals surface area contributed by atoms with Gasteiger partial charge in [0.05, 0.1) is 11.7 Å². The Kier molecular flexibility index (Phi) is 6.18. The van der Waals surface area contributed by atoms with Crippen molar-refractivity contribution in [2.75, 3.05) is 13.2 Å².